The predicted octanol–water partition coefficient (Wildman–Crippen LogP) is 1.95. The zero-order valence-corrected chi connectivity index (χ0v) is 12.8. The molecule has 0 aliphatic carbocycles. The lowest BCUT2D eigenvalue weighted by molar-refractivity contribution is 0.0713. The van der Waals surface area contributed by atoms with Gasteiger partial charge in [-0.2, -0.15) is 5.10 Å². The third kappa shape index (κ3) is 2.84. The third-order valence-electron chi connectivity index (χ3n) is 4.10. The zero-order chi connectivity index (χ0) is 16.7. The maximum atomic E-state index is 14.1. The van der Waals surface area contributed by atoms with Crippen molar-refractivity contribution in [3.05, 3.63) is 52.9 Å². The van der Waals surface area contributed by atoms with Gasteiger partial charge in [0.2, 0.25) is 0 Å². The number of halogens is 2. The number of amides is 1. The summed E-state index contributed by atoms with van der Waals surface area (Å²) >= 11 is 0. The number of benzene rings is 1. The number of β-amino-alcohol motifs (C(OH)–C–C–N with tert-alkyl or cyclic N) is 1. The van der Waals surface area contributed by atoms with Crippen molar-refractivity contribution in [2.24, 2.45) is 7.05 Å². The van der Waals surface area contributed by atoms with Gasteiger partial charge in [-0.05, 0) is 31.5 Å². The Balaban J connectivity index is 1.98. The van der Waals surface area contributed by atoms with Crippen LogP contribution in [0.5, 0.6) is 0 Å². The Morgan fingerprint density at radius 1 is 1.39 bits per heavy atom. The van der Waals surface area contributed by atoms with Gasteiger partial charge in [-0.1, -0.05) is 0 Å². The lowest BCUT2D eigenvalue weighted by atomic mass is 10.0. The van der Waals surface area contributed by atoms with Gasteiger partial charge >= 0.3 is 0 Å². The van der Waals surface area contributed by atoms with Crippen LogP contribution in [0.15, 0.2) is 24.4 Å². The van der Waals surface area contributed by atoms with Crippen molar-refractivity contribution in [2.75, 3.05) is 6.54 Å². The SMILES string of the molecule is Cc1nn(C)cc1C(=O)N1C[C@H](O)C[C@H]1c1cc(F)ccc1F. The summed E-state index contributed by atoms with van der Waals surface area (Å²) in [7, 11) is 1.70. The minimum absolute atomic E-state index is 0.0772. The second-order valence-electron chi connectivity index (χ2n) is 5.83. The van der Waals surface area contributed by atoms with E-state index in [1.165, 1.54) is 9.58 Å². The van der Waals surface area contributed by atoms with Gasteiger partial charge in [0.25, 0.3) is 5.91 Å². The van der Waals surface area contributed by atoms with Crippen molar-refractivity contribution >= 4 is 5.91 Å². The van der Waals surface area contributed by atoms with Crippen LogP contribution in [0.1, 0.15) is 34.1 Å². The number of carbonyl (C=O) groups excluding carboxylic acids is 1. The van der Waals surface area contributed by atoms with Gasteiger partial charge in [-0.3, -0.25) is 9.48 Å². The second kappa shape index (κ2) is 5.73. The van der Waals surface area contributed by atoms with E-state index in [1.807, 2.05) is 0 Å². The molecule has 0 saturated carbocycles. The molecule has 1 N–H and O–H groups in total. The fourth-order valence-electron chi connectivity index (χ4n) is 3.07. The molecule has 2 atom stereocenters. The van der Waals surface area contributed by atoms with Crippen LogP contribution < -0.4 is 0 Å². The van der Waals surface area contributed by atoms with Crippen LogP contribution in [0.4, 0.5) is 8.78 Å². The first-order chi connectivity index (χ1) is 10.9. The molecular weight excluding hydrogens is 304 g/mol. The molecule has 0 bridgehead atoms. The summed E-state index contributed by atoms with van der Waals surface area (Å²) in [6.45, 7) is 1.78. The van der Waals surface area contributed by atoms with E-state index in [-0.39, 0.29) is 24.4 Å². The molecule has 0 spiro atoms. The molecule has 122 valence electrons. The number of aromatic nitrogens is 2. The smallest absolute Gasteiger partial charge is 0.257 e. The number of likely N-dealkylation sites (tertiary alicyclic amines) is 1. The number of carbonyl (C=O) groups is 1. The Kier molecular flexibility index (Phi) is 3.89. The van der Waals surface area contributed by atoms with E-state index in [1.54, 1.807) is 20.2 Å². The van der Waals surface area contributed by atoms with E-state index in [4.69, 9.17) is 0 Å². The summed E-state index contributed by atoms with van der Waals surface area (Å²) in [5.74, 6) is -1.51. The fourth-order valence-corrected chi connectivity index (χ4v) is 3.07. The average Bonchev–Trinajstić information content (AvgIpc) is 3.03. The number of aryl methyl sites for hydroxylation is 2. The van der Waals surface area contributed by atoms with Crippen molar-refractivity contribution in [2.45, 2.75) is 25.5 Å². The fraction of sp³-hybridized carbons (Fsp3) is 0.375. The number of hydrogen-bond acceptors (Lipinski definition) is 3. The first kappa shape index (κ1) is 15.6. The van der Waals surface area contributed by atoms with Gasteiger partial charge in [-0.25, -0.2) is 8.78 Å². The van der Waals surface area contributed by atoms with Crippen LogP contribution in [0.25, 0.3) is 0 Å². The molecule has 1 fully saturated rings. The molecule has 7 heteroatoms. The van der Waals surface area contributed by atoms with Crippen LogP contribution in [0, 0.1) is 18.6 Å². The van der Waals surface area contributed by atoms with E-state index in [9.17, 15) is 18.7 Å². The largest absolute Gasteiger partial charge is 0.391 e. The lowest BCUT2D eigenvalue weighted by Gasteiger charge is -2.25. The van der Waals surface area contributed by atoms with E-state index in [0.29, 0.717) is 11.3 Å². The first-order valence-corrected chi connectivity index (χ1v) is 7.31. The molecule has 3 rings (SSSR count). The Labute approximate surface area is 132 Å². The summed E-state index contributed by atoms with van der Waals surface area (Å²) in [5.41, 5.74) is 1.03. The standard InChI is InChI=1S/C16H17F2N3O2/c1-9-13(8-20(2)19-9)16(23)21-7-11(22)6-15(21)12-5-10(17)3-4-14(12)18/h3-5,8,11,15,22H,6-7H2,1-2H3/t11-,15+/m1/s1. The minimum Gasteiger partial charge on any atom is -0.391 e. The maximum Gasteiger partial charge on any atom is 0.257 e. The van der Waals surface area contributed by atoms with Gasteiger partial charge in [0.15, 0.2) is 0 Å². The highest BCUT2D eigenvalue weighted by Crippen LogP contribution is 2.35. The number of rotatable bonds is 2. The molecule has 0 radical (unpaired) electrons. The van der Waals surface area contributed by atoms with Crippen molar-refractivity contribution in [3.8, 4) is 0 Å². The highest BCUT2D eigenvalue weighted by molar-refractivity contribution is 5.95. The first-order valence-electron chi connectivity index (χ1n) is 7.31. The molecule has 1 aromatic heterocycles. The van der Waals surface area contributed by atoms with Gasteiger partial charge in [-0.15, -0.1) is 0 Å². The molecule has 23 heavy (non-hydrogen) atoms. The molecule has 1 amide bonds. The quantitative estimate of drug-likeness (QED) is 0.920. The van der Waals surface area contributed by atoms with E-state index in [0.717, 1.165) is 18.2 Å². The predicted molar refractivity (Wildman–Crippen MR) is 78.7 cm³/mol. The van der Waals surface area contributed by atoms with Crippen molar-refractivity contribution in [1.82, 2.24) is 14.7 Å². The highest BCUT2D eigenvalue weighted by atomic mass is 19.1. The van der Waals surface area contributed by atoms with Gasteiger partial charge < -0.3 is 10.0 Å². The van der Waals surface area contributed by atoms with Gasteiger partial charge in [0.05, 0.1) is 23.4 Å². The van der Waals surface area contributed by atoms with Crippen LogP contribution in [-0.2, 0) is 7.05 Å². The topological polar surface area (TPSA) is 58.4 Å². The summed E-state index contributed by atoms with van der Waals surface area (Å²) in [6.07, 6.45) is 0.982. The number of aliphatic hydroxyl groups is 1. The molecule has 1 aliphatic heterocycles. The van der Waals surface area contributed by atoms with Crippen molar-refractivity contribution in [1.29, 1.82) is 0 Å². The zero-order valence-electron chi connectivity index (χ0n) is 12.8. The third-order valence-corrected chi connectivity index (χ3v) is 4.10. The van der Waals surface area contributed by atoms with Crippen LogP contribution in [-0.4, -0.2) is 38.3 Å². The number of hydrogen-bond donors (Lipinski definition) is 1. The monoisotopic (exact) mass is 321 g/mol. The lowest BCUT2D eigenvalue weighted by Crippen LogP contribution is -2.32. The molecule has 0 unspecified atom stereocenters. The Morgan fingerprint density at radius 2 is 2.13 bits per heavy atom. The summed E-state index contributed by atoms with van der Waals surface area (Å²) in [4.78, 5) is 14.1. The van der Waals surface area contributed by atoms with Crippen molar-refractivity contribution in [3.63, 3.8) is 0 Å². The second-order valence-corrected chi connectivity index (χ2v) is 5.83. The van der Waals surface area contributed by atoms with Crippen molar-refractivity contribution < 1.29 is 18.7 Å². The molecule has 1 aliphatic rings. The number of nitrogens with zero attached hydrogens (tertiary/aromatic N) is 3. The van der Waals surface area contributed by atoms with Gasteiger partial charge in [0.1, 0.15) is 11.6 Å². The minimum atomic E-state index is -0.774. The summed E-state index contributed by atoms with van der Waals surface area (Å²) in [6, 6.07) is 2.44. The normalized spacial score (nSPS) is 21.0. The molecule has 5 nitrogen and oxygen atoms in total. The average molecular weight is 321 g/mol. The van der Waals surface area contributed by atoms with E-state index >= 15 is 0 Å². The molecule has 2 heterocycles. The van der Waals surface area contributed by atoms with E-state index in [2.05, 4.69) is 5.10 Å². The summed E-state index contributed by atoms with van der Waals surface area (Å²) < 4.78 is 29.1. The van der Waals surface area contributed by atoms with Crippen LogP contribution in [0.2, 0.25) is 0 Å². The van der Waals surface area contributed by atoms with Crippen LogP contribution >= 0.6 is 0 Å². The maximum absolute atomic E-state index is 14.1. The molecule has 2 aromatic rings. The molecular formula is C16H17F2N3O2. The molecule has 1 saturated heterocycles. The highest BCUT2D eigenvalue weighted by Gasteiger charge is 2.38. The Bertz CT molecular complexity index is 760. The van der Waals surface area contributed by atoms with Crippen LogP contribution in [0.3, 0.4) is 0 Å². The number of aliphatic hydroxyl groups excluding tert-OH is 1. The summed E-state index contributed by atoms with van der Waals surface area (Å²) in [5, 5.41) is 14.1. The van der Waals surface area contributed by atoms with E-state index < -0.39 is 23.8 Å². The van der Waals surface area contributed by atoms with Gasteiger partial charge in [0, 0.05) is 25.4 Å². The molecule has 1 aromatic carbocycles. The Morgan fingerprint density at radius 3 is 2.78 bits per heavy atom. The Hall–Kier alpha value is -2.28.